The highest BCUT2D eigenvalue weighted by atomic mass is 16.6. The number of unbranched alkanes of at least 4 members (excludes halogenated alkanes) is 28. The second-order valence-corrected chi connectivity index (χ2v) is 19.5. The van der Waals surface area contributed by atoms with Crippen molar-refractivity contribution in [1.29, 1.82) is 0 Å². The van der Waals surface area contributed by atoms with Crippen LogP contribution in [0.25, 0.3) is 0 Å². The van der Waals surface area contributed by atoms with E-state index in [-0.39, 0.29) is 37.5 Å². The van der Waals surface area contributed by atoms with E-state index in [1.54, 1.807) is 0 Å². The van der Waals surface area contributed by atoms with Crippen LogP contribution in [0.3, 0.4) is 0 Å². The Morgan fingerprint density at radius 3 is 0.957 bits per heavy atom. The van der Waals surface area contributed by atoms with Crippen molar-refractivity contribution < 1.29 is 28.6 Å². The number of allylic oxidation sites excluding steroid dienone is 14. The van der Waals surface area contributed by atoms with Gasteiger partial charge in [0.1, 0.15) is 13.2 Å². The van der Waals surface area contributed by atoms with Crippen LogP contribution >= 0.6 is 0 Å². The zero-order valence-electron chi connectivity index (χ0n) is 46.0. The number of hydrogen-bond donors (Lipinski definition) is 0. The lowest BCUT2D eigenvalue weighted by Crippen LogP contribution is -2.30. The molecular formula is C64H110O6. The van der Waals surface area contributed by atoms with E-state index in [9.17, 15) is 14.4 Å². The molecule has 6 nitrogen and oxygen atoms in total. The number of esters is 3. The first-order valence-electron chi connectivity index (χ1n) is 29.6. The van der Waals surface area contributed by atoms with Gasteiger partial charge in [-0.1, -0.05) is 247 Å². The van der Waals surface area contributed by atoms with Gasteiger partial charge in [0.05, 0.1) is 0 Å². The molecule has 0 aliphatic rings. The zero-order chi connectivity index (χ0) is 50.7. The Hall–Kier alpha value is -3.41. The SMILES string of the molecule is CC/C=C\C/C=C\C/C=C\C/C=C\C/C=C\CCC(=O)OCC(COC(=O)CCCCCCC/C=C\CCCCCCCCCCC)OC(=O)CCCCCCC/C=C\CCCCCCCCCCC. The number of rotatable bonds is 53. The van der Waals surface area contributed by atoms with Gasteiger partial charge in [0.15, 0.2) is 6.10 Å². The van der Waals surface area contributed by atoms with E-state index in [1.807, 2.05) is 6.08 Å². The van der Waals surface area contributed by atoms with Crippen molar-refractivity contribution in [2.24, 2.45) is 0 Å². The lowest BCUT2D eigenvalue weighted by atomic mass is 10.1. The molecule has 0 aliphatic heterocycles. The van der Waals surface area contributed by atoms with Crippen LogP contribution in [0, 0.1) is 0 Å². The van der Waals surface area contributed by atoms with Crippen molar-refractivity contribution in [2.75, 3.05) is 13.2 Å². The summed E-state index contributed by atoms with van der Waals surface area (Å²) in [5.41, 5.74) is 0. The molecule has 1 unspecified atom stereocenters. The summed E-state index contributed by atoms with van der Waals surface area (Å²) in [5.74, 6) is -1.00. The first kappa shape index (κ1) is 66.6. The molecule has 0 heterocycles. The molecule has 0 aliphatic carbocycles. The van der Waals surface area contributed by atoms with Gasteiger partial charge in [0.25, 0.3) is 0 Å². The van der Waals surface area contributed by atoms with Crippen LogP contribution in [-0.2, 0) is 28.6 Å². The summed E-state index contributed by atoms with van der Waals surface area (Å²) < 4.78 is 16.8. The van der Waals surface area contributed by atoms with Gasteiger partial charge in [0.2, 0.25) is 0 Å². The van der Waals surface area contributed by atoms with E-state index in [0.29, 0.717) is 19.3 Å². The number of hydrogen-bond acceptors (Lipinski definition) is 6. The third-order valence-corrected chi connectivity index (χ3v) is 12.6. The quantitative estimate of drug-likeness (QED) is 0.0261. The Balaban J connectivity index is 4.48. The summed E-state index contributed by atoms with van der Waals surface area (Å²) in [5, 5.41) is 0. The van der Waals surface area contributed by atoms with E-state index in [1.165, 1.54) is 148 Å². The Bertz CT molecular complexity index is 1350. The second-order valence-electron chi connectivity index (χ2n) is 19.5. The largest absolute Gasteiger partial charge is 0.462 e. The average molecular weight is 976 g/mol. The molecule has 0 bridgehead atoms. The highest BCUT2D eigenvalue weighted by Crippen LogP contribution is 2.15. The minimum atomic E-state index is -0.815. The van der Waals surface area contributed by atoms with Gasteiger partial charge in [-0.05, 0) is 103 Å². The van der Waals surface area contributed by atoms with Crippen LogP contribution in [0.2, 0.25) is 0 Å². The van der Waals surface area contributed by atoms with Gasteiger partial charge >= 0.3 is 17.9 Å². The molecule has 70 heavy (non-hydrogen) atoms. The van der Waals surface area contributed by atoms with Crippen molar-refractivity contribution in [2.45, 2.75) is 290 Å². The Morgan fingerprint density at radius 1 is 0.300 bits per heavy atom. The molecule has 0 fully saturated rings. The summed E-state index contributed by atoms with van der Waals surface area (Å²) in [6.07, 6.45) is 75.9. The van der Waals surface area contributed by atoms with E-state index in [2.05, 4.69) is 99.8 Å². The molecule has 0 spiro atoms. The molecule has 0 saturated carbocycles. The molecule has 0 aromatic carbocycles. The zero-order valence-corrected chi connectivity index (χ0v) is 46.0. The molecule has 0 amide bonds. The van der Waals surface area contributed by atoms with E-state index < -0.39 is 6.10 Å². The second kappa shape index (κ2) is 58.2. The van der Waals surface area contributed by atoms with Crippen molar-refractivity contribution >= 4 is 17.9 Å². The molecule has 0 aromatic heterocycles. The minimum absolute atomic E-state index is 0.106. The molecule has 1 atom stereocenters. The van der Waals surface area contributed by atoms with Gasteiger partial charge in [-0.15, -0.1) is 0 Å². The van der Waals surface area contributed by atoms with Gasteiger partial charge in [-0.3, -0.25) is 14.4 Å². The fourth-order valence-corrected chi connectivity index (χ4v) is 8.19. The fourth-order valence-electron chi connectivity index (χ4n) is 8.19. The first-order chi connectivity index (χ1) is 34.5. The topological polar surface area (TPSA) is 78.9 Å². The van der Waals surface area contributed by atoms with Crippen molar-refractivity contribution in [3.05, 3.63) is 85.1 Å². The van der Waals surface area contributed by atoms with Crippen LogP contribution in [0.4, 0.5) is 0 Å². The molecule has 0 radical (unpaired) electrons. The minimum Gasteiger partial charge on any atom is -0.462 e. The van der Waals surface area contributed by atoms with Crippen molar-refractivity contribution in [3.8, 4) is 0 Å². The molecule has 0 saturated heterocycles. The summed E-state index contributed by atoms with van der Waals surface area (Å²) in [7, 11) is 0. The third-order valence-electron chi connectivity index (χ3n) is 12.6. The summed E-state index contributed by atoms with van der Waals surface area (Å²) in [6, 6.07) is 0. The number of carbonyl (C=O) groups excluding carboxylic acids is 3. The summed E-state index contributed by atoms with van der Waals surface area (Å²) >= 11 is 0. The highest BCUT2D eigenvalue weighted by molar-refractivity contribution is 5.71. The Kier molecular flexibility index (Phi) is 55.3. The first-order valence-corrected chi connectivity index (χ1v) is 29.6. The number of ether oxygens (including phenoxy) is 3. The van der Waals surface area contributed by atoms with Gasteiger partial charge < -0.3 is 14.2 Å². The lowest BCUT2D eigenvalue weighted by molar-refractivity contribution is -0.166. The van der Waals surface area contributed by atoms with Crippen molar-refractivity contribution in [1.82, 2.24) is 0 Å². The van der Waals surface area contributed by atoms with Gasteiger partial charge in [-0.25, -0.2) is 0 Å². The third kappa shape index (κ3) is 55.5. The monoisotopic (exact) mass is 975 g/mol. The maximum atomic E-state index is 12.9. The van der Waals surface area contributed by atoms with Crippen LogP contribution in [0.5, 0.6) is 0 Å². The van der Waals surface area contributed by atoms with E-state index in [4.69, 9.17) is 14.2 Å². The molecule has 0 N–H and O–H groups in total. The van der Waals surface area contributed by atoms with Crippen LogP contribution in [0.15, 0.2) is 85.1 Å². The predicted molar refractivity (Wildman–Crippen MR) is 302 cm³/mol. The highest BCUT2D eigenvalue weighted by Gasteiger charge is 2.19. The molecule has 0 rings (SSSR count). The Morgan fingerprint density at radius 2 is 0.586 bits per heavy atom. The molecule has 6 heteroatoms. The van der Waals surface area contributed by atoms with Crippen molar-refractivity contribution in [3.63, 3.8) is 0 Å². The average Bonchev–Trinajstić information content (AvgIpc) is 3.36. The Labute approximate surface area is 433 Å². The number of carbonyl (C=O) groups is 3. The molecule has 0 aromatic rings. The van der Waals surface area contributed by atoms with Crippen LogP contribution in [0.1, 0.15) is 284 Å². The molecule has 402 valence electrons. The predicted octanol–water partition coefficient (Wildman–Crippen LogP) is 19.9. The molecular weight excluding hydrogens is 865 g/mol. The smallest absolute Gasteiger partial charge is 0.306 e. The van der Waals surface area contributed by atoms with E-state index in [0.717, 1.165) is 89.9 Å². The lowest BCUT2D eigenvalue weighted by Gasteiger charge is -2.18. The van der Waals surface area contributed by atoms with Crippen LogP contribution < -0.4 is 0 Å². The normalized spacial score (nSPS) is 12.7. The van der Waals surface area contributed by atoms with Crippen LogP contribution in [-0.4, -0.2) is 37.2 Å². The standard InChI is InChI=1S/C64H110O6/c1-4-7-10-13-16-19-22-25-28-31-33-36-39-42-45-48-51-54-57-63(66)69-60-61(59-68-62(65)56-53-50-47-44-41-38-35-30-27-24-21-18-15-12-9-6-3)70-64(67)58-55-52-49-46-43-40-37-34-32-29-26-23-20-17-14-11-8-5-2/h9,12,18,21,27,30,33-34,36-38,41,47,50,61H,4-8,10-11,13-17,19-20,22-26,28-29,31-32,35,39-40,42-46,48-49,51-60H2,1-3H3/b12-9-,21-18-,30-27-,36-33-,37-34-,41-38-,50-47-. The maximum absolute atomic E-state index is 12.9. The van der Waals surface area contributed by atoms with E-state index >= 15 is 0 Å². The fraction of sp³-hybridized carbons (Fsp3) is 0.734. The van der Waals surface area contributed by atoms with Gasteiger partial charge in [0, 0.05) is 19.3 Å². The summed E-state index contributed by atoms with van der Waals surface area (Å²) in [4.78, 5) is 38.2. The summed E-state index contributed by atoms with van der Waals surface area (Å²) in [6.45, 7) is 6.47. The maximum Gasteiger partial charge on any atom is 0.306 e. The van der Waals surface area contributed by atoms with Gasteiger partial charge in [-0.2, -0.15) is 0 Å².